The monoisotopic (exact) mass is 333 g/mol. The van der Waals surface area contributed by atoms with Gasteiger partial charge in [0.2, 0.25) is 5.91 Å². The Morgan fingerprint density at radius 3 is 2.38 bits per heavy atom. The van der Waals surface area contributed by atoms with Crippen molar-refractivity contribution in [3.05, 3.63) is 39.9 Å². The summed E-state index contributed by atoms with van der Waals surface area (Å²) < 4.78 is 0. The van der Waals surface area contributed by atoms with E-state index in [1.54, 1.807) is 0 Å². The van der Waals surface area contributed by atoms with Crippen LogP contribution in [0.2, 0.25) is 0 Å². The molecule has 1 aromatic rings. The highest BCUT2D eigenvalue weighted by atomic mass is 16.6. The predicted molar refractivity (Wildman–Crippen MR) is 89.1 cm³/mol. The number of non-ortho nitro benzene ring substituents is 1. The zero-order chi connectivity index (χ0) is 17.4. The minimum atomic E-state index is -0.532. The fourth-order valence-electron chi connectivity index (χ4n) is 3.02. The Labute approximate surface area is 140 Å². The number of carbonyl (C=O) groups is 2. The van der Waals surface area contributed by atoms with Crippen LogP contribution in [0.15, 0.2) is 24.3 Å². The van der Waals surface area contributed by atoms with Gasteiger partial charge < -0.3 is 0 Å². The van der Waals surface area contributed by atoms with Crippen LogP contribution in [0.4, 0.5) is 5.69 Å². The Balaban J connectivity index is 1.66. The Morgan fingerprint density at radius 1 is 1.08 bits per heavy atom. The van der Waals surface area contributed by atoms with Crippen LogP contribution < -0.4 is 10.9 Å². The van der Waals surface area contributed by atoms with Crippen LogP contribution in [-0.2, 0) is 4.79 Å². The number of carbonyl (C=O) groups excluding carboxylic acids is 2. The molecule has 0 bridgehead atoms. The molecule has 0 aliphatic heterocycles. The smallest absolute Gasteiger partial charge is 0.269 e. The molecule has 2 N–H and O–H groups in total. The Hall–Kier alpha value is -2.44. The van der Waals surface area contributed by atoms with Gasteiger partial charge in [0.05, 0.1) is 4.92 Å². The second kappa shape index (κ2) is 9.00. The molecule has 1 fully saturated rings. The molecule has 0 spiro atoms. The molecule has 0 atom stereocenters. The normalized spacial score (nSPS) is 14.8. The quantitative estimate of drug-likeness (QED) is 0.617. The number of nitrogens with one attached hydrogen (secondary N) is 2. The second-order valence-electron chi connectivity index (χ2n) is 6.20. The van der Waals surface area contributed by atoms with Gasteiger partial charge in [-0.1, -0.05) is 32.1 Å². The van der Waals surface area contributed by atoms with Gasteiger partial charge in [-0.05, 0) is 30.9 Å². The highest BCUT2D eigenvalue weighted by Crippen LogP contribution is 2.27. The van der Waals surface area contributed by atoms with E-state index in [1.165, 1.54) is 56.4 Å². The standard InChI is InChI=1S/C17H23N3O4/c21-16(8-4-7-13-5-2-1-3-6-13)18-19-17(22)14-9-11-15(12-10-14)20(23)24/h9-13H,1-8H2,(H,18,21)(H,19,22). The number of rotatable bonds is 6. The topological polar surface area (TPSA) is 101 Å². The highest BCUT2D eigenvalue weighted by Gasteiger charge is 2.14. The minimum absolute atomic E-state index is 0.0849. The van der Waals surface area contributed by atoms with E-state index < -0.39 is 10.8 Å². The van der Waals surface area contributed by atoms with Crippen molar-refractivity contribution in [3.8, 4) is 0 Å². The van der Waals surface area contributed by atoms with Gasteiger partial charge in [-0.25, -0.2) is 0 Å². The maximum Gasteiger partial charge on any atom is 0.269 e. The zero-order valence-corrected chi connectivity index (χ0v) is 13.6. The first-order valence-electron chi connectivity index (χ1n) is 8.40. The largest absolute Gasteiger partial charge is 0.273 e. The van der Waals surface area contributed by atoms with Gasteiger partial charge in [-0.3, -0.25) is 30.6 Å². The molecule has 1 aromatic carbocycles. The molecule has 24 heavy (non-hydrogen) atoms. The van der Waals surface area contributed by atoms with Crippen molar-refractivity contribution in [1.29, 1.82) is 0 Å². The maximum absolute atomic E-state index is 11.9. The van der Waals surface area contributed by atoms with E-state index in [0.29, 0.717) is 6.42 Å². The summed E-state index contributed by atoms with van der Waals surface area (Å²) in [5.41, 5.74) is 4.88. The molecule has 0 radical (unpaired) electrons. The van der Waals surface area contributed by atoms with E-state index in [-0.39, 0.29) is 17.2 Å². The van der Waals surface area contributed by atoms with Crippen molar-refractivity contribution in [2.75, 3.05) is 0 Å². The van der Waals surface area contributed by atoms with E-state index in [4.69, 9.17) is 0 Å². The van der Waals surface area contributed by atoms with E-state index in [1.807, 2.05) is 0 Å². The van der Waals surface area contributed by atoms with E-state index in [9.17, 15) is 19.7 Å². The maximum atomic E-state index is 11.9. The number of nitro groups is 1. The van der Waals surface area contributed by atoms with Crippen LogP contribution in [0, 0.1) is 16.0 Å². The van der Waals surface area contributed by atoms with E-state index in [0.717, 1.165) is 18.8 Å². The van der Waals surface area contributed by atoms with Crippen LogP contribution in [0.3, 0.4) is 0 Å². The first-order valence-corrected chi connectivity index (χ1v) is 8.40. The number of amides is 2. The third kappa shape index (κ3) is 5.64. The van der Waals surface area contributed by atoms with Crippen molar-refractivity contribution in [2.24, 2.45) is 5.92 Å². The van der Waals surface area contributed by atoms with Crippen LogP contribution in [0.5, 0.6) is 0 Å². The zero-order valence-electron chi connectivity index (χ0n) is 13.6. The first kappa shape index (κ1) is 17.9. The lowest BCUT2D eigenvalue weighted by molar-refractivity contribution is -0.384. The molecule has 0 unspecified atom stereocenters. The Bertz CT molecular complexity index is 580. The van der Waals surface area contributed by atoms with Crippen molar-refractivity contribution < 1.29 is 14.5 Å². The van der Waals surface area contributed by atoms with Gasteiger partial charge in [-0.15, -0.1) is 0 Å². The Kier molecular flexibility index (Phi) is 6.72. The number of hydrogen-bond donors (Lipinski definition) is 2. The van der Waals surface area contributed by atoms with E-state index in [2.05, 4.69) is 10.9 Å². The molecular formula is C17H23N3O4. The van der Waals surface area contributed by atoms with Gasteiger partial charge in [0.1, 0.15) is 0 Å². The molecule has 0 saturated heterocycles. The van der Waals surface area contributed by atoms with Crippen molar-refractivity contribution in [1.82, 2.24) is 10.9 Å². The number of hydrazine groups is 1. The average molecular weight is 333 g/mol. The van der Waals surface area contributed by atoms with Crippen LogP contribution >= 0.6 is 0 Å². The summed E-state index contributed by atoms with van der Waals surface area (Å²) in [6.07, 6.45) is 8.71. The van der Waals surface area contributed by atoms with Gasteiger partial charge in [0.25, 0.3) is 11.6 Å². The molecule has 1 saturated carbocycles. The number of benzene rings is 1. The van der Waals surface area contributed by atoms with Crippen molar-refractivity contribution in [2.45, 2.75) is 51.4 Å². The summed E-state index contributed by atoms with van der Waals surface area (Å²) in [6.45, 7) is 0. The van der Waals surface area contributed by atoms with Gasteiger partial charge in [-0.2, -0.15) is 0 Å². The van der Waals surface area contributed by atoms with Gasteiger partial charge >= 0.3 is 0 Å². The van der Waals surface area contributed by atoms with Crippen LogP contribution in [0.25, 0.3) is 0 Å². The molecule has 1 aliphatic carbocycles. The first-order chi connectivity index (χ1) is 11.6. The van der Waals surface area contributed by atoms with E-state index >= 15 is 0 Å². The summed E-state index contributed by atoms with van der Waals surface area (Å²) in [6, 6.07) is 5.20. The van der Waals surface area contributed by atoms with Gasteiger partial charge in [0.15, 0.2) is 0 Å². The molecule has 2 rings (SSSR count). The molecule has 7 heteroatoms. The third-order valence-corrected chi connectivity index (χ3v) is 4.40. The third-order valence-electron chi connectivity index (χ3n) is 4.40. The molecule has 7 nitrogen and oxygen atoms in total. The number of nitrogens with zero attached hydrogens (tertiary/aromatic N) is 1. The predicted octanol–water partition coefficient (Wildman–Crippen LogP) is 3.11. The summed E-state index contributed by atoms with van der Waals surface area (Å²) in [5.74, 6) is 0.0212. The summed E-state index contributed by atoms with van der Waals surface area (Å²) in [7, 11) is 0. The number of nitro benzene ring substituents is 1. The molecule has 0 heterocycles. The average Bonchev–Trinajstić information content (AvgIpc) is 2.60. The fourth-order valence-corrected chi connectivity index (χ4v) is 3.02. The van der Waals surface area contributed by atoms with Gasteiger partial charge in [0, 0.05) is 24.1 Å². The van der Waals surface area contributed by atoms with Crippen LogP contribution in [0.1, 0.15) is 61.7 Å². The molecule has 0 aromatic heterocycles. The summed E-state index contributed by atoms with van der Waals surface area (Å²) in [4.78, 5) is 33.6. The van der Waals surface area contributed by atoms with Crippen LogP contribution in [-0.4, -0.2) is 16.7 Å². The lowest BCUT2D eigenvalue weighted by atomic mass is 9.86. The lowest BCUT2D eigenvalue weighted by Gasteiger charge is -2.21. The van der Waals surface area contributed by atoms with Crippen molar-refractivity contribution in [3.63, 3.8) is 0 Å². The minimum Gasteiger partial charge on any atom is -0.273 e. The molecular weight excluding hydrogens is 310 g/mol. The molecule has 1 aliphatic rings. The highest BCUT2D eigenvalue weighted by molar-refractivity contribution is 5.95. The second-order valence-corrected chi connectivity index (χ2v) is 6.20. The summed E-state index contributed by atoms with van der Waals surface area (Å²) in [5, 5.41) is 10.6. The fraction of sp³-hybridized carbons (Fsp3) is 0.529. The summed E-state index contributed by atoms with van der Waals surface area (Å²) >= 11 is 0. The lowest BCUT2D eigenvalue weighted by Crippen LogP contribution is -2.41. The van der Waals surface area contributed by atoms with Crippen molar-refractivity contribution >= 4 is 17.5 Å². The molecule has 130 valence electrons. The number of hydrogen-bond acceptors (Lipinski definition) is 4. The Morgan fingerprint density at radius 2 is 1.75 bits per heavy atom. The molecule has 2 amide bonds. The SMILES string of the molecule is O=C(CCCC1CCCCC1)NNC(=O)c1ccc([N+](=O)[O-])cc1.